The van der Waals surface area contributed by atoms with Gasteiger partial charge >= 0.3 is 5.97 Å². The molecule has 112 valence electrons. The van der Waals surface area contributed by atoms with Crippen molar-refractivity contribution in [2.45, 2.75) is 25.3 Å². The van der Waals surface area contributed by atoms with E-state index in [1.54, 1.807) is 0 Å². The Morgan fingerprint density at radius 1 is 1.38 bits per heavy atom. The summed E-state index contributed by atoms with van der Waals surface area (Å²) in [4.78, 5) is 25.3. The van der Waals surface area contributed by atoms with Crippen molar-refractivity contribution in [1.82, 2.24) is 4.90 Å². The van der Waals surface area contributed by atoms with Gasteiger partial charge in [-0.1, -0.05) is 11.6 Å². The van der Waals surface area contributed by atoms with Crippen molar-refractivity contribution in [2.24, 2.45) is 5.92 Å². The molecular formula is C15H17ClN2O3. The molecule has 2 aliphatic rings. The highest BCUT2D eigenvalue weighted by Crippen LogP contribution is 2.37. The van der Waals surface area contributed by atoms with E-state index in [4.69, 9.17) is 16.7 Å². The first kappa shape index (κ1) is 14.4. The molecule has 1 aromatic rings. The molecule has 0 spiro atoms. The van der Waals surface area contributed by atoms with Gasteiger partial charge in [-0.05, 0) is 43.4 Å². The van der Waals surface area contributed by atoms with Gasteiger partial charge in [-0.2, -0.15) is 0 Å². The number of benzene rings is 1. The highest BCUT2D eigenvalue weighted by atomic mass is 35.5. The molecule has 6 heteroatoms. The third-order valence-corrected chi connectivity index (χ3v) is 4.69. The molecule has 2 atom stereocenters. The molecule has 21 heavy (non-hydrogen) atoms. The van der Waals surface area contributed by atoms with Crippen LogP contribution in [-0.4, -0.2) is 41.0 Å². The number of hydrogen-bond acceptors (Lipinski definition) is 3. The fraction of sp³-hybridized carbons (Fsp3) is 0.467. The molecule has 2 bridgehead atoms. The van der Waals surface area contributed by atoms with Crippen LogP contribution in [0.2, 0.25) is 5.02 Å². The molecule has 3 rings (SSSR count). The first-order valence-electron chi connectivity index (χ1n) is 7.09. The molecule has 2 N–H and O–H groups in total. The molecule has 1 amide bonds. The quantitative estimate of drug-likeness (QED) is 0.896. The second-order valence-corrected chi connectivity index (χ2v) is 6.22. The van der Waals surface area contributed by atoms with E-state index in [9.17, 15) is 9.59 Å². The number of carboxylic acids is 1. The second-order valence-electron chi connectivity index (χ2n) is 5.81. The third-order valence-electron chi connectivity index (χ3n) is 4.36. The molecule has 1 aromatic carbocycles. The Labute approximate surface area is 127 Å². The summed E-state index contributed by atoms with van der Waals surface area (Å²) in [5.41, 5.74) is 0.459. The number of carbonyl (C=O) groups is 2. The molecule has 1 saturated heterocycles. The number of piperidine rings is 1. The Hall–Kier alpha value is -1.59. The molecule has 0 radical (unpaired) electrons. The number of aromatic carboxylic acids is 1. The maximum absolute atomic E-state index is 12.1. The summed E-state index contributed by atoms with van der Waals surface area (Å²) in [6.07, 6.45) is 3.64. The molecule has 1 saturated carbocycles. The second kappa shape index (κ2) is 5.66. The largest absolute Gasteiger partial charge is 0.478 e. The van der Waals surface area contributed by atoms with E-state index < -0.39 is 5.97 Å². The number of carbonyl (C=O) groups excluding carboxylic acids is 1. The Bertz CT molecular complexity index is 590. The first-order chi connectivity index (χ1) is 10.0. The number of amides is 1. The van der Waals surface area contributed by atoms with Crippen molar-refractivity contribution in [3.8, 4) is 0 Å². The van der Waals surface area contributed by atoms with Gasteiger partial charge in [0.05, 0.1) is 22.8 Å². The number of halogens is 1. The number of rotatable bonds is 4. The number of likely N-dealkylation sites (tertiary alicyclic amines) is 1. The van der Waals surface area contributed by atoms with E-state index in [-0.39, 0.29) is 11.5 Å². The lowest BCUT2D eigenvalue weighted by Gasteiger charge is -2.25. The normalized spacial score (nSPS) is 24.2. The summed E-state index contributed by atoms with van der Waals surface area (Å²) in [6.45, 7) is 1.33. The van der Waals surface area contributed by atoms with E-state index >= 15 is 0 Å². The van der Waals surface area contributed by atoms with Crippen LogP contribution in [0.1, 0.15) is 29.6 Å². The summed E-state index contributed by atoms with van der Waals surface area (Å²) in [6, 6.07) is 4.82. The predicted molar refractivity (Wildman–Crippen MR) is 79.7 cm³/mol. The Morgan fingerprint density at radius 3 is 2.81 bits per heavy atom. The van der Waals surface area contributed by atoms with Crippen molar-refractivity contribution >= 4 is 29.2 Å². The zero-order chi connectivity index (χ0) is 15.0. The minimum atomic E-state index is -1.04. The van der Waals surface area contributed by atoms with Gasteiger partial charge in [0.25, 0.3) is 0 Å². The zero-order valence-corrected chi connectivity index (χ0v) is 12.3. The predicted octanol–water partition coefficient (Wildman–Crippen LogP) is 2.46. The lowest BCUT2D eigenvalue weighted by atomic mass is 10.1. The molecule has 1 aliphatic carbocycles. The molecule has 0 aromatic heterocycles. The van der Waals surface area contributed by atoms with Crippen LogP contribution in [0, 0.1) is 5.92 Å². The molecule has 1 heterocycles. The Morgan fingerprint density at radius 2 is 2.19 bits per heavy atom. The number of carboxylic acid groups (broad SMARTS) is 1. The molecule has 2 fully saturated rings. The van der Waals surface area contributed by atoms with Gasteiger partial charge in [0.2, 0.25) is 5.91 Å². The average Bonchev–Trinajstić information content (AvgIpc) is 3.03. The minimum Gasteiger partial charge on any atom is -0.478 e. The van der Waals surface area contributed by atoms with Gasteiger partial charge in [0.15, 0.2) is 0 Å². The van der Waals surface area contributed by atoms with Gasteiger partial charge in [0.1, 0.15) is 0 Å². The average molecular weight is 309 g/mol. The number of nitrogens with zero attached hydrogens (tertiary/aromatic N) is 1. The fourth-order valence-corrected chi connectivity index (χ4v) is 3.51. The summed E-state index contributed by atoms with van der Waals surface area (Å²) in [5, 5.41) is 12.0. The van der Waals surface area contributed by atoms with Crippen LogP contribution < -0.4 is 5.32 Å². The monoisotopic (exact) mass is 308 g/mol. The van der Waals surface area contributed by atoms with E-state index in [0.717, 1.165) is 12.5 Å². The zero-order valence-electron chi connectivity index (χ0n) is 11.5. The van der Waals surface area contributed by atoms with Crippen molar-refractivity contribution < 1.29 is 14.7 Å². The van der Waals surface area contributed by atoms with Crippen LogP contribution >= 0.6 is 11.6 Å². The fourth-order valence-electron chi connectivity index (χ4n) is 3.35. The summed E-state index contributed by atoms with van der Waals surface area (Å²) >= 11 is 6.00. The van der Waals surface area contributed by atoms with Crippen LogP contribution in [-0.2, 0) is 4.79 Å². The standard InChI is InChI=1S/C15H17ClN2O3/c16-12-4-2-10(15(20)21)6-13(12)17-14(19)8-18-7-9-1-3-11(18)5-9/h2,4,6,9,11H,1,3,5,7-8H2,(H,17,19)(H,20,21). The molecule has 2 unspecified atom stereocenters. The topological polar surface area (TPSA) is 69.6 Å². The van der Waals surface area contributed by atoms with Crippen LogP contribution in [0.15, 0.2) is 18.2 Å². The number of hydrogen-bond donors (Lipinski definition) is 2. The van der Waals surface area contributed by atoms with Crippen molar-refractivity contribution in [1.29, 1.82) is 0 Å². The highest BCUT2D eigenvalue weighted by Gasteiger charge is 2.38. The summed E-state index contributed by atoms with van der Waals surface area (Å²) in [7, 11) is 0. The van der Waals surface area contributed by atoms with Gasteiger partial charge in [-0.25, -0.2) is 4.79 Å². The summed E-state index contributed by atoms with van der Waals surface area (Å²) < 4.78 is 0. The Balaban J connectivity index is 1.64. The van der Waals surface area contributed by atoms with E-state index in [1.165, 1.54) is 37.5 Å². The van der Waals surface area contributed by atoms with Crippen LogP contribution in [0.5, 0.6) is 0 Å². The lowest BCUT2D eigenvalue weighted by Crippen LogP contribution is -2.38. The molecule has 5 nitrogen and oxygen atoms in total. The lowest BCUT2D eigenvalue weighted by molar-refractivity contribution is -0.117. The SMILES string of the molecule is O=C(CN1CC2CCC1C2)Nc1cc(C(=O)O)ccc1Cl. The number of anilines is 1. The van der Waals surface area contributed by atoms with Crippen LogP contribution in [0.4, 0.5) is 5.69 Å². The Kier molecular flexibility index (Phi) is 3.87. The third kappa shape index (κ3) is 3.04. The highest BCUT2D eigenvalue weighted by molar-refractivity contribution is 6.33. The van der Waals surface area contributed by atoms with E-state index in [1.807, 2.05) is 0 Å². The molecular weight excluding hydrogens is 292 g/mol. The molecule has 1 aliphatic heterocycles. The van der Waals surface area contributed by atoms with E-state index in [0.29, 0.717) is 23.3 Å². The number of nitrogens with one attached hydrogen (secondary N) is 1. The number of fused-ring (bicyclic) bond motifs is 2. The van der Waals surface area contributed by atoms with Gasteiger partial charge in [-0.15, -0.1) is 0 Å². The summed E-state index contributed by atoms with van der Waals surface area (Å²) in [5.74, 6) is -0.451. The van der Waals surface area contributed by atoms with Crippen molar-refractivity contribution in [2.75, 3.05) is 18.4 Å². The van der Waals surface area contributed by atoms with Crippen molar-refractivity contribution in [3.05, 3.63) is 28.8 Å². The van der Waals surface area contributed by atoms with Crippen LogP contribution in [0.3, 0.4) is 0 Å². The van der Waals surface area contributed by atoms with Crippen molar-refractivity contribution in [3.63, 3.8) is 0 Å². The maximum Gasteiger partial charge on any atom is 0.335 e. The smallest absolute Gasteiger partial charge is 0.335 e. The first-order valence-corrected chi connectivity index (χ1v) is 7.47. The maximum atomic E-state index is 12.1. The van der Waals surface area contributed by atoms with Crippen LogP contribution in [0.25, 0.3) is 0 Å². The van der Waals surface area contributed by atoms with Gasteiger partial charge in [-0.3, -0.25) is 9.69 Å². The van der Waals surface area contributed by atoms with E-state index in [2.05, 4.69) is 10.2 Å². The van der Waals surface area contributed by atoms with Gasteiger partial charge in [0, 0.05) is 12.6 Å². The minimum absolute atomic E-state index is 0.106. The van der Waals surface area contributed by atoms with Gasteiger partial charge < -0.3 is 10.4 Å².